The van der Waals surface area contributed by atoms with Crippen molar-refractivity contribution < 1.29 is 5.11 Å². The average Bonchev–Trinajstić information content (AvgIpc) is 1.88. The van der Waals surface area contributed by atoms with Crippen molar-refractivity contribution in [3.63, 3.8) is 0 Å². The van der Waals surface area contributed by atoms with Crippen LogP contribution in [-0.2, 0) is 0 Å². The van der Waals surface area contributed by atoms with Crippen molar-refractivity contribution in [2.24, 2.45) is 0 Å². The second kappa shape index (κ2) is 2.40. The monoisotopic (exact) mass is 122 g/mol. The molecular weight excluding hydrogens is 114 g/mol. The van der Waals surface area contributed by atoms with Gasteiger partial charge in [0.05, 0.1) is 0 Å². The highest BCUT2D eigenvalue weighted by molar-refractivity contribution is 5.47. The molecule has 0 bridgehead atoms. The Morgan fingerprint density at radius 1 is 1.44 bits per heavy atom. The number of aromatic hydroxyl groups is 1. The summed E-state index contributed by atoms with van der Waals surface area (Å²) in [5.41, 5.74) is 0.815. The van der Waals surface area contributed by atoms with Crippen molar-refractivity contribution in [1.82, 2.24) is 0 Å². The molecule has 0 unspecified atom stereocenters. The molecule has 0 heterocycles. The van der Waals surface area contributed by atoms with Crippen LogP contribution >= 0.6 is 0 Å². The van der Waals surface area contributed by atoms with Gasteiger partial charge < -0.3 is 10.4 Å². The highest BCUT2D eigenvalue weighted by Gasteiger charge is 1.87. The maximum atomic E-state index is 8.88. The van der Waals surface area contributed by atoms with Gasteiger partial charge in [-0.3, -0.25) is 0 Å². The van der Waals surface area contributed by atoms with E-state index in [9.17, 15) is 0 Å². The molecule has 0 amide bonds. The summed E-state index contributed by atoms with van der Waals surface area (Å²) in [5, 5.41) is 11.5. The van der Waals surface area contributed by atoms with Crippen LogP contribution in [0.3, 0.4) is 0 Å². The van der Waals surface area contributed by atoms with Gasteiger partial charge >= 0.3 is 0 Å². The third kappa shape index (κ3) is 1.35. The molecule has 1 aromatic carbocycles. The van der Waals surface area contributed by atoms with Crippen LogP contribution in [0.15, 0.2) is 24.3 Å². The molecule has 2 N–H and O–H groups in total. The van der Waals surface area contributed by atoms with E-state index in [0.717, 1.165) is 5.69 Å². The highest BCUT2D eigenvalue weighted by Crippen LogP contribution is 2.14. The average molecular weight is 122 g/mol. The van der Waals surface area contributed by atoms with Crippen molar-refractivity contribution in [1.29, 1.82) is 0 Å². The molecule has 2 heteroatoms. The first-order valence-electron chi connectivity index (χ1n) is 2.65. The Labute approximate surface area is 54.1 Å². The zero-order chi connectivity index (χ0) is 6.69. The van der Waals surface area contributed by atoms with E-state index in [1.54, 1.807) is 18.2 Å². The van der Waals surface area contributed by atoms with Crippen molar-refractivity contribution >= 4 is 5.69 Å². The Morgan fingerprint density at radius 3 is 2.67 bits per heavy atom. The molecule has 0 saturated carbocycles. The number of hydrogen-bond acceptors (Lipinski definition) is 2. The van der Waals surface area contributed by atoms with Crippen LogP contribution in [0.5, 0.6) is 5.75 Å². The molecule has 1 rings (SSSR count). The van der Waals surface area contributed by atoms with Crippen LogP contribution in [0.2, 0.25) is 0 Å². The lowest BCUT2D eigenvalue weighted by Gasteiger charge is -1.97. The lowest BCUT2D eigenvalue weighted by Crippen LogP contribution is -1.81. The Bertz CT molecular complexity index is 198. The predicted molar refractivity (Wildman–Crippen MR) is 37.1 cm³/mol. The third-order valence-corrected chi connectivity index (χ3v) is 1.05. The predicted octanol–water partition coefficient (Wildman–Crippen LogP) is 1.60. The van der Waals surface area contributed by atoms with Gasteiger partial charge in [0.15, 0.2) is 0 Å². The lowest BCUT2D eigenvalue weighted by atomic mass is 10.3. The Balaban J connectivity index is 2.94. The smallest absolute Gasteiger partial charge is 0.117 e. The molecule has 1 radical (unpaired) electrons. The molecule has 0 atom stereocenters. The largest absolute Gasteiger partial charge is 0.508 e. The first kappa shape index (κ1) is 5.95. The van der Waals surface area contributed by atoms with Crippen molar-refractivity contribution in [2.75, 3.05) is 5.32 Å². The highest BCUT2D eigenvalue weighted by atomic mass is 16.3. The van der Waals surface area contributed by atoms with Crippen molar-refractivity contribution in [2.45, 2.75) is 0 Å². The van der Waals surface area contributed by atoms with Crippen LogP contribution < -0.4 is 5.32 Å². The maximum Gasteiger partial charge on any atom is 0.117 e. The molecule has 0 spiro atoms. The molecule has 0 saturated heterocycles. The van der Waals surface area contributed by atoms with Crippen LogP contribution in [0.25, 0.3) is 0 Å². The number of nitrogens with one attached hydrogen (secondary N) is 1. The fraction of sp³-hybridized carbons (Fsp3) is 0. The topological polar surface area (TPSA) is 32.3 Å². The van der Waals surface area contributed by atoms with Crippen molar-refractivity contribution in [3.05, 3.63) is 31.3 Å². The van der Waals surface area contributed by atoms with E-state index in [2.05, 4.69) is 12.4 Å². The third-order valence-electron chi connectivity index (χ3n) is 1.05. The standard InChI is InChI=1S/C7H8NO/c1-8-6-3-2-4-7(9)5-6/h2-5,8-9H,1H2. The molecule has 9 heavy (non-hydrogen) atoms. The zero-order valence-electron chi connectivity index (χ0n) is 4.96. The molecule has 47 valence electrons. The summed E-state index contributed by atoms with van der Waals surface area (Å²) < 4.78 is 0. The molecule has 0 aliphatic rings. The molecular formula is C7H8NO. The summed E-state index contributed by atoms with van der Waals surface area (Å²) in [5.74, 6) is 0.253. The summed E-state index contributed by atoms with van der Waals surface area (Å²) in [6, 6.07) is 6.80. The fourth-order valence-corrected chi connectivity index (χ4v) is 0.616. The van der Waals surface area contributed by atoms with Gasteiger partial charge in [-0.05, 0) is 12.1 Å². The fourth-order valence-electron chi connectivity index (χ4n) is 0.616. The van der Waals surface area contributed by atoms with Crippen LogP contribution in [0, 0.1) is 7.05 Å². The SMILES string of the molecule is [CH2]Nc1cccc(O)c1. The minimum absolute atomic E-state index is 0.253. The van der Waals surface area contributed by atoms with E-state index in [0.29, 0.717) is 0 Å². The summed E-state index contributed by atoms with van der Waals surface area (Å²) in [6.45, 7) is 0. The van der Waals surface area contributed by atoms with Gasteiger partial charge in [-0.15, -0.1) is 0 Å². The van der Waals surface area contributed by atoms with Crippen LogP contribution in [-0.4, -0.2) is 5.11 Å². The second-order valence-electron chi connectivity index (χ2n) is 1.73. The molecule has 1 aromatic rings. The van der Waals surface area contributed by atoms with E-state index in [-0.39, 0.29) is 5.75 Å². The van der Waals surface area contributed by atoms with Crippen LogP contribution in [0.1, 0.15) is 0 Å². The van der Waals surface area contributed by atoms with Gasteiger partial charge in [0.25, 0.3) is 0 Å². The number of hydrogen-bond donors (Lipinski definition) is 2. The van der Waals surface area contributed by atoms with Gasteiger partial charge in [0, 0.05) is 18.8 Å². The lowest BCUT2D eigenvalue weighted by molar-refractivity contribution is 0.475. The summed E-state index contributed by atoms with van der Waals surface area (Å²) >= 11 is 0. The second-order valence-corrected chi connectivity index (χ2v) is 1.73. The minimum Gasteiger partial charge on any atom is -0.508 e. The molecule has 2 nitrogen and oxygen atoms in total. The molecule has 0 aliphatic heterocycles. The van der Waals surface area contributed by atoms with E-state index >= 15 is 0 Å². The summed E-state index contributed by atoms with van der Waals surface area (Å²) in [6.07, 6.45) is 0. The number of rotatable bonds is 1. The first-order chi connectivity index (χ1) is 4.33. The number of benzene rings is 1. The van der Waals surface area contributed by atoms with Crippen LogP contribution in [0.4, 0.5) is 5.69 Å². The van der Waals surface area contributed by atoms with Gasteiger partial charge in [-0.25, -0.2) is 0 Å². The van der Waals surface area contributed by atoms with Gasteiger partial charge in [-0.2, -0.15) is 0 Å². The molecule has 0 aromatic heterocycles. The van der Waals surface area contributed by atoms with E-state index in [1.807, 2.05) is 6.07 Å². The number of phenolic OH excluding ortho intramolecular Hbond substituents is 1. The maximum absolute atomic E-state index is 8.88. The summed E-state index contributed by atoms with van der Waals surface area (Å²) in [4.78, 5) is 0. The van der Waals surface area contributed by atoms with Gasteiger partial charge in [0.1, 0.15) is 5.75 Å². The number of anilines is 1. The molecule has 0 aliphatic carbocycles. The van der Waals surface area contributed by atoms with E-state index in [4.69, 9.17) is 5.11 Å². The van der Waals surface area contributed by atoms with E-state index in [1.165, 1.54) is 0 Å². The van der Waals surface area contributed by atoms with Gasteiger partial charge in [-0.1, -0.05) is 6.07 Å². The normalized spacial score (nSPS) is 9.00. The quantitative estimate of drug-likeness (QED) is 0.593. The number of phenols is 1. The Kier molecular flexibility index (Phi) is 1.58. The summed E-state index contributed by atoms with van der Waals surface area (Å²) in [7, 11) is 3.44. The Hall–Kier alpha value is -1.18. The minimum atomic E-state index is 0.253. The van der Waals surface area contributed by atoms with Gasteiger partial charge in [0.2, 0.25) is 0 Å². The van der Waals surface area contributed by atoms with Crippen molar-refractivity contribution in [3.8, 4) is 5.75 Å². The Morgan fingerprint density at radius 2 is 2.22 bits per heavy atom. The zero-order valence-corrected chi connectivity index (χ0v) is 4.96. The van der Waals surface area contributed by atoms with E-state index < -0.39 is 0 Å². The molecule has 0 fully saturated rings. The first-order valence-corrected chi connectivity index (χ1v) is 2.65.